The van der Waals surface area contributed by atoms with Crippen LogP contribution in [0.2, 0.25) is 5.02 Å². The molecular formula is C22H28ClNO. The minimum Gasteiger partial charge on any atom is -0.346 e. The van der Waals surface area contributed by atoms with Gasteiger partial charge in [-0.25, -0.2) is 0 Å². The second-order valence-electron chi connectivity index (χ2n) is 7.49. The molecule has 0 aliphatic rings. The van der Waals surface area contributed by atoms with Crippen LogP contribution in [-0.4, -0.2) is 5.91 Å². The molecule has 0 radical (unpaired) electrons. The molecule has 1 amide bonds. The monoisotopic (exact) mass is 357 g/mol. The molecule has 0 bridgehead atoms. The van der Waals surface area contributed by atoms with Crippen LogP contribution in [0.3, 0.4) is 0 Å². The van der Waals surface area contributed by atoms with Gasteiger partial charge in [0, 0.05) is 5.02 Å². The van der Waals surface area contributed by atoms with Gasteiger partial charge in [-0.1, -0.05) is 67.4 Å². The number of benzene rings is 2. The quantitative estimate of drug-likeness (QED) is 0.699. The van der Waals surface area contributed by atoms with Crippen LogP contribution in [0.25, 0.3) is 0 Å². The fourth-order valence-corrected chi connectivity index (χ4v) is 3.34. The van der Waals surface area contributed by atoms with E-state index in [-0.39, 0.29) is 5.91 Å². The molecule has 134 valence electrons. The summed E-state index contributed by atoms with van der Waals surface area (Å²) < 4.78 is 0. The van der Waals surface area contributed by atoms with Crippen molar-refractivity contribution >= 4 is 17.5 Å². The number of rotatable bonds is 6. The minimum atomic E-state index is -0.587. The summed E-state index contributed by atoms with van der Waals surface area (Å²) in [7, 11) is 0. The third-order valence-electron chi connectivity index (χ3n) is 4.97. The van der Waals surface area contributed by atoms with E-state index in [0.29, 0.717) is 0 Å². The normalized spacial score (nSPS) is 14.0. The van der Waals surface area contributed by atoms with Gasteiger partial charge in [-0.05, 0) is 56.9 Å². The van der Waals surface area contributed by atoms with Crippen molar-refractivity contribution in [2.45, 2.75) is 58.4 Å². The maximum Gasteiger partial charge on any atom is 0.231 e. The Balaban J connectivity index is 2.35. The summed E-state index contributed by atoms with van der Waals surface area (Å²) >= 11 is 6.17. The predicted octanol–water partition coefficient (Wildman–Crippen LogP) is 5.76. The summed E-state index contributed by atoms with van der Waals surface area (Å²) in [6.45, 7) is 10.2. The zero-order valence-electron chi connectivity index (χ0n) is 15.8. The second kappa shape index (κ2) is 7.61. The highest BCUT2D eigenvalue weighted by molar-refractivity contribution is 6.31. The number of nitrogens with one attached hydrogen (secondary N) is 1. The molecule has 0 saturated carbocycles. The van der Waals surface area contributed by atoms with Gasteiger partial charge in [0.15, 0.2) is 0 Å². The molecule has 0 saturated heterocycles. The Hall–Kier alpha value is -1.80. The number of hydrogen-bond donors (Lipinski definition) is 1. The molecule has 1 atom stereocenters. The third kappa shape index (κ3) is 4.24. The molecule has 25 heavy (non-hydrogen) atoms. The lowest BCUT2D eigenvalue weighted by molar-refractivity contribution is -0.128. The van der Waals surface area contributed by atoms with Gasteiger partial charge in [-0.2, -0.15) is 0 Å². The molecule has 2 aromatic carbocycles. The first kappa shape index (κ1) is 19.5. The van der Waals surface area contributed by atoms with Crippen molar-refractivity contribution in [1.29, 1.82) is 0 Å². The smallest absolute Gasteiger partial charge is 0.231 e. The van der Waals surface area contributed by atoms with Crippen LogP contribution in [0.4, 0.5) is 0 Å². The van der Waals surface area contributed by atoms with Crippen LogP contribution in [-0.2, 0) is 15.7 Å². The first-order valence-corrected chi connectivity index (χ1v) is 9.23. The molecule has 0 aliphatic heterocycles. The van der Waals surface area contributed by atoms with Crippen LogP contribution in [0.15, 0.2) is 48.5 Å². The van der Waals surface area contributed by atoms with Gasteiger partial charge in [-0.3, -0.25) is 4.79 Å². The topological polar surface area (TPSA) is 29.1 Å². The van der Waals surface area contributed by atoms with Crippen molar-refractivity contribution in [3.8, 4) is 0 Å². The van der Waals surface area contributed by atoms with Crippen LogP contribution >= 0.6 is 11.6 Å². The number of carbonyl (C=O) groups is 1. The lowest BCUT2D eigenvalue weighted by atomic mass is 9.76. The fourth-order valence-electron chi connectivity index (χ4n) is 3.23. The highest BCUT2D eigenvalue weighted by Crippen LogP contribution is 2.33. The highest BCUT2D eigenvalue weighted by Gasteiger charge is 2.37. The Morgan fingerprint density at radius 1 is 1.04 bits per heavy atom. The van der Waals surface area contributed by atoms with E-state index in [1.165, 1.54) is 0 Å². The largest absolute Gasteiger partial charge is 0.346 e. The van der Waals surface area contributed by atoms with E-state index in [0.717, 1.165) is 34.6 Å². The molecule has 3 heteroatoms. The first-order chi connectivity index (χ1) is 11.7. The summed E-state index contributed by atoms with van der Waals surface area (Å²) in [4.78, 5) is 13.3. The molecule has 2 aromatic rings. The molecule has 0 aromatic heterocycles. The molecule has 1 unspecified atom stereocenters. The molecular weight excluding hydrogens is 330 g/mol. The van der Waals surface area contributed by atoms with Gasteiger partial charge in [-0.15, -0.1) is 0 Å². The van der Waals surface area contributed by atoms with Gasteiger partial charge in [0.25, 0.3) is 0 Å². The molecule has 0 spiro atoms. The van der Waals surface area contributed by atoms with Gasteiger partial charge in [0.2, 0.25) is 5.91 Å². The van der Waals surface area contributed by atoms with Crippen LogP contribution in [0.1, 0.15) is 57.2 Å². The van der Waals surface area contributed by atoms with Gasteiger partial charge in [0.1, 0.15) is 0 Å². The van der Waals surface area contributed by atoms with Crippen LogP contribution < -0.4 is 5.32 Å². The Morgan fingerprint density at radius 2 is 1.68 bits per heavy atom. The standard InChI is InChI=1S/C22H28ClNO/c1-6-14-22(5,18-12-13-19(23)16(2)15-18)20(25)24-21(3,4)17-10-8-7-9-11-17/h7-13,15H,6,14H2,1-5H3,(H,24,25). The lowest BCUT2D eigenvalue weighted by Gasteiger charge is -2.35. The fraction of sp³-hybridized carbons (Fsp3) is 0.409. The number of amides is 1. The van der Waals surface area contributed by atoms with E-state index < -0.39 is 11.0 Å². The zero-order valence-corrected chi connectivity index (χ0v) is 16.6. The van der Waals surface area contributed by atoms with Crippen molar-refractivity contribution in [3.63, 3.8) is 0 Å². The number of carbonyl (C=O) groups excluding carboxylic acids is 1. The number of halogens is 1. The van der Waals surface area contributed by atoms with Crippen molar-refractivity contribution in [2.75, 3.05) is 0 Å². The summed E-state index contributed by atoms with van der Waals surface area (Å²) in [5.41, 5.74) is 2.08. The number of hydrogen-bond acceptors (Lipinski definition) is 1. The summed E-state index contributed by atoms with van der Waals surface area (Å²) in [6.07, 6.45) is 1.71. The van der Waals surface area contributed by atoms with Gasteiger partial charge < -0.3 is 5.32 Å². The van der Waals surface area contributed by atoms with Gasteiger partial charge >= 0.3 is 0 Å². The zero-order chi connectivity index (χ0) is 18.7. The number of aryl methyl sites for hydroxylation is 1. The molecule has 0 aliphatic carbocycles. The first-order valence-electron chi connectivity index (χ1n) is 8.85. The van der Waals surface area contributed by atoms with E-state index in [9.17, 15) is 4.79 Å². The Bertz CT molecular complexity index is 739. The average Bonchev–Trinajstić information content (AvgIpc) is 2.57. The minimum absolute atomic E-state index is 0.0462. The SMILES string of the molecule is CCCC(C)(C(=O)NC(C)(C)c1ccccc1)c1ccc(Cl)c(C)c1. The molecule has 1 N–H and O–H groups in total. The van der Waals surface area contributed by atoms with Crippen molar-refractivity contribution < 1.29 is 4.79 Å². The second-order valence-corrected chi connectivity index (χ2v) is 7.90. The van der Waals surface area contributed by atoms with E-state index in [1.54, 1.807) is 0 Å². The Morgan fingerprint density at radius 3 is 2.24 bits per heavy atom. The predicted molar refractivity (Wildman–Crippen MR) is 106 cm³/mol. The van der Waals surface area contributed by atoms with Crippen molar-refractivity contribution in [2.24, 2.45) is 0 Å². The Kier molecular flexibility index (Phi) is 5.95. The molecule has 0 heterocycles. The summed E-state index contributed by atoms with van der Waals surface area (Å²) in [5.74, 6) is 0.0462. The van der Waals surface area contributed by atoms with Crippen molar-refractivity contribution in [3.05, 3.63) is 70.2 Å². The average molecular weight is 358 g/mol. The summed E-state index contributed by atoms with van der Waals surface area (Å²) in [5, 5.41) is 3.99. The highest BCUT2D eigenvalue weighted by atomic mass is 35.5. The third-order valence-corrected chi connectivity index (χ3v) is 5.39. The van der Waals surface area contributed by atoms with Crippen LogP contribution in [0, 0.1) is 6.92 Å². The maximum atomic E-state index is 13.3. The maximum absolute atomic E-state index is 13.3. The van der Waals surface area contributed by atoms with E-state index >= 15 is 0 Å². The lowest BCUT2D eigenvalue weighted by Crippen LogP contribution is -2.50. The summed E-state index contributed by atoms with van der Waals surface area (Å²) in [6, 6.07) is 16.0. The van der Waals surface area contributed by atoms with E-state index in [2.05, 4.69) is 12.2 Å². The van der Waals surface area contributed by atoms with Crippen molar-refractivity contribution in [1.82, 2.24) is 5.32 Å². The van der Waals surface area contributed by atoms with E-state index in [1.807, 2.05) is 76.2 Å². The molecule has 2 nitrogen and oxygen atoms in total. The van der Waals surface area contributed by atoms with Crippen LogP contribution in [0.5, 0.6) is 0 Å². The van der Waals surface area contributed by atoms with E-state index in [4.69, 9.17) is 11.6 Å². The molecule has 0 fully saturated rings. The molecule has 2 rings (SSSR count). The van der Waals surface area contributed by atoms with Gasteiger partial charge in [0.05, 0.1) is 11.0 Å². The Labute approximate surface area is 156 Å².